The highest BCUT2D eigenvalue weighted by Gasteiger charge is 2.27. The largest absolute Gasteiger partial charge is 0.396 e. The summed E-state index contributed by atoms with van der Waals surface area (Å²) < 4.78 is 13.8. The van der Waals surface area contributed by atoms with Crippen molar-refractivity contribution in [3.8, 4) is 6.07 Å². The van der Waals surface area contributed by atoms with Crippen LogP contribution in [0.15, 0.2) is 36.0 Å². The van der Waals surface area contributed by atoms with E-state index < -0.39 is 5.92 Å². The molecule has 2 atom stereocenters. The fourth-order valence-corrected chi connectivity index (χ4v) is 2.92. The summed E-state index contributed by atoms with van der Waals surface area (Å²) in [6.45, 7) is -0.0464. The van der Waals surface area contributed by atoms with Gasteiger partial charge in [-0.25, -0.2) is 4.39 Å². The molecule has 0 fully saturated rings. The van der Waals surface area contributed by atoms with Crippen LogP contribution in [0.4, 0.5) is 4.39 Å². The standard InChI is InChI=1S/C14H13FN2OS/c15-13-4-2-1-3-10(13)12(7-16)11(5-6-18)14-8-17-9-19-14/h1-4,8-9,11-12,18H,5-6H2/t11-,12+/m0/s1. The van der Waals surface area contributed by atoms with E-state index in [4.69, 9.17) is 0 Å². The lowest BCUT2D eigenvalue weighted by molar-refractivity contribution is 0.272. The second-order valence-corrected chi connectivity index (χ2v) is 5.07. The van der Waals surface area contributed by atoms with Gasteiger partial charge in [-0.1, -0.05) is 18.2 Å². The second-order valence-electron chi connectivity index (χ2n) is 4.15. The molecular weight excluding hydrogens is 263 g/mol. The molecule has 5 heteroatoms. The maximum absolute atomic E-state index is 13.8. The average Bonchev–Trinajstić information content (AvgIpc) is 2.94. The molecule has 98 valence electrons. The number of aliphatic hydroxyl groups is 1. The van der Waals surface area contributed by atoms with Gasteiger partial charge in [-0.2, -0.15) is 5.26 Å². The molecule has 0 saturated carbocycles. The minimum absolute atomic E-state index is 0.0464. The van der Waals surface area contributed by atoms with Gasteiger partial charge in [0.05, 0.1) is 17.5 Å². The van der Waals surface area contributed by atoms with Crippen LogP contribution in [0.25, 0.3) is 0 Å². The molecule has 3 nitrogen and oxygen atoms in total. The fourth-order valence-electron chi connectivity index (χ4n) is 2.12. The molecule has 2 rings (SSSR count). The number of aliphatic hydroxyl groups excluding tert-OH is 1. The van der Waals surface area contributed by atoms with Crippen molar-refractivity contribution in [1.29, 1.82) is 5.26 Å². The van der Waals surface area contributed by atoms with Gasteiger partial charge in [-0.3, -0.25) is 4.98 Å². The summed E-state index contributed by atoms with van der Waals surface area (Å²) in [5, 5.41) is 18.6. The van der Waals surface area contributed by atoms with Crippen LogP contribution < -0.4 is 0 Å². The van der Waals surface area contributed by atoms with Crippen LogP contribution in [-0.4, -0.2) is 16.7 Å². The Balaban J connectivity index is 2.39. The first-order valence-electron chi connectivity index (χ1n) is 5.91. The van der Waals surface area contributed by atoms with Crippen LogP contribution in [0.5, 0.6) is 0 Å². The van der Waals surface area contributed by atoms with E-state index in [1.54, 1.807) is 29.9 Å². The van der Waals surface area contributed by atoms with Crippen molar-refractivity contribution in [2.45, 2.75) is 18.3 Å². The van der Waals surface area contributed by atoms with E-state index in [1.165, 1.54) is 17.4 Å². The molecule has 2 aromatic rings. The Kier molecular flexibility index (Phi) is 4.61. The summed E-state index contributed by atoms with van der Waals surface area (Å²) in [7, 11) is 0. The topological polar surface area (TPSA) is 56.9 Å². The van der Waals surface area contributed by atoms with Gasteiger partial charge in [0.25, 0.3) is 0 Å². The highest BCUT2D eigenvalue weighted by atomic mass is 32.1. The summed E-state index contributed by atoms with van der Waals surface area (Å²) in [6, 6.07) is 8.44. The number of halogens is 1. The van der Waals surface area contributed by atoms with E-state index >= 15 is 0 Å². The molecule has 1 N–H and O–H groups in total. The molecule has 0 saturated heterocycles. The molecule has 0 amide bonds. The van der Waals surface area contributed by atoms with Gasteiger partial charge in [0.1, 0.15) is 5.82 Å². The van der Waals surface area contributed by atoms with Crippen LogP contribution in [0.2, 0.25) is 0 Å². The average molecular weight is 276 g/mol. The molecule has 0 bridgehead atoms. The zero-order valence-corrected chi connectivity index (χ0v) is 11.0. The Morgan fingerprint density at radius 3 is 2.79 bits per heavy atom. The lowest BCUT2D eigenvalue weighted by Crippen LogP contribution is -2.12. The van der Waals surface area contributed by atoms with Gasteiger partial charge in [-0.15, -0.1) is 11.3 Å². The lowest BCUT2D eigenvalue weighted by Gasteiger charge is -2.20. The van der Waals surface area contributed by atoms with E-state index in [-0.39, 0.29) is 18.3 Å². The number of nitrogens with zero attached hydrogens (tertiary/aromatic N) is 2. The Hall–Kier alpha value is -1.77. The van der Waals surface area contributed by atoms with Crippen LogP contribution in [0.1, 0.15) is 28.7 Å². The molecule has 19 heavy (non-hydrogen) atoms. The normalized spacial score (nSPS) is 13.7. The van der Waals surface area contributed by atoms with Crippen LogP contribution in [0, 0.1) is 17.1 Å². The van der Waals surface area contributed by atoms with Crippen LogP contribution in [0.3, 0.4) is 0 Å². The van der Waals surface area contributed by atoms with Crippen molar-refractivity contribution in [3.63, 3.8) is 0 Å². The number of benzene rings is 1. The molecular formula is C14H13FN2OS. The molecule has 0 spiro atoms. The SMILES string of the molecule is N#C[C@H](c1ccccc1F)[C@H](CCO)c1cncs1. The molecule has 1 aromatic carbocycles. The molecule has 1 aromatic heterocycles. The number of thiazole rings is 1. The van der Waals surface area contributed by atoms with E-state index in [9.17, 15) is 14.8 Å². The van der Waals surface area contributed by atoms with Crippen molar-refractivity contribution >= 4 is 11.3 Å². The van der Waals surface area contributed by atoms with Gasteiger partial charge in [-0.05, 0) is 12.5 Å². The summed E-state index contributed by atoms with van der Waals surface area (Å²) in [5.41, 5.74) is 2.05. The smallest absolute Gasteiger partial charge is 0.127 e. The highest BCUT2D eigenvalue weighted by molar-refractivity contribution is 7.09. The predicted molar refractivity (Wildman–Crippen MR) is 71.3 cm³/mol. The zero-order chi connectivity index (χ0) is 13.7. The van der Waals surface area contributed by atoms with Gasteiger partial charge in [0.2, 0.25) is 0 Å². The van der Waals surface area contributed by atoms with Gasteiger partial charge in [0, 0.05) is 29.2 Å². The Labute approximate surface area is 115 Å². The van der Waals surface area contributed by atoms with E-state index in [0.29, 0.717) is 12.0 Å². The number of hydrogen-bond donors (Lipinski definition) is 1. The molecule has 1 heterocycles. The van der Waals surface area contributed by atoms with E-state index in [2.05, 4.69) is 11.1 Å². The molecule has 0 aliphatic rings. The van der Waals surface area contributed by atoms with Crippen LogP contribution >= 0.6 is 11.3 Å². The third-order valence-corrected chi connectivity index (χ3v) is 3.95. The fraction of sp³-hybridized carbons (Fsp3) is 0.286. The first-order chi connectivity index (χ1) is 9.27. The summed E-state index contributed by atoms with van der Waals surface area (Å²) >= 11 is 1.42. The quantitative estimate of drug-likeness (QED) is 0.913. The first kappa shape index (κ1) is 13.7. The van der Waals surface area contributed by atoms with Crippen LogP contribution in [-0.2, 0) is 0 Å². The van der Waals surface area contributed by atoms with Gasteiger partial charge in [0.15, 0.2) is 0 Å². The van der Waals surface area contributed by atoms with Crippen molar-refractivity contribution in [2.24, 2.45) is 0 Å². The van der Waals surface area contributed by atoms with E-state index in [0.717, 1.165) is 4.88 Å². The van der Waals surface area contributed by atoms with Crippen molar-refractivity contribution in [3.05, 3.63) is 52.2 Å². The number of rotatable bonds is 5. The molecule has 0 unspecified atom stereocenters. The number of aromatic nitrogens is 1. The van der Waals surface area contributed by atoms with Crippen molar-refractivity contribution < 1.29 is 9.50 Å². The van der Waals surface area contributed by atoms with Crippen molar-refractivity contribution in [1.82, 2.24) is 4.98 Å². The molecule has 0 aliphatic heterocycles. The third kappa shape index (κ3) is 2.98. The van der Waals surface area contributed by atoms with Crippen molar-refractivity contribution in [2.75, 3.05) is 6.61 Å². The Morgan fingerprint density at radius 1 is 1.42 bits per heavy atom. The van der Waals surface area contributed by atoms with Gasteiger partial charge >= 0.3 is 0 Å². The molecule has 0 radical (unpaired) electrons. The predicted octanol–water partition coefficient (Wildman–Crippen LogP) is 3.06. The number of nitriles is 1. The first-order valence-corrected chi connectivity index (χ1v) is 6.79. The minimum Gasteiger partial charge on any atom is -0.396 e. The summed E-state index contributed by atoms with van der Waals surface area (Å²) in [6.07, 6.45) is 2.09. The van der Waals surface area contributed by atoms with Gasteiger partial charge < -0.3 is 5.11 Å². The zero-order valence-electron chi connectivity index (χ0n) is 10.2. The maximum Gasteiger partial charge on any atom is 0.127 e. The summed E-state index contributed by atoms with van der Waals surface area (Å²) in [5.74, 6) is -1.24. The second kappa shape index (κ2) is 6.41. The minimum atomic E-state index is -0.617. The lowest BCUT2D eigenvalue weighted by atomic mass is 9.84. The summed E-state index contributed by atoms with van der Waals surface area (Å²) in [4.78, 5) is 4.88. The van der Waals surface area contributed by atoms with E-state index in [1.807, 2.05) is 0 Å². The highest BCUT2D eigenvalue weighted by Crippen LogP contribution is 2.37. The third-order valence-electron chi connectivity index (χ3n) is 3.04. The maximum atomic E-state index is 13.8. The Bertz CT molecular complexity index is 565. The Morgan fingerprint density at radius 2 is 2.21 bits per heavy atom. The monoisotopic (exact) mass is 276 g/mol. The molecule has 0 aliphatic carbocycles. The number of hydrogen-bond acceptors (Lipinski definition) is 4.